The third-order valence-corrected chi connectivity index (χ3v) is 3.77. The highest BCUT2D eigenvalue weighted by Gasteiger charge is 2.13. The Morgan fingerprint density at radius 3 is 2.35 bits per heavy atom. The number of rotatable bonds is 4. The van der Waals surface area contributed by atoms with E-state index in [0.29, 0.717) is 5.75 Å². The van der Waals surface area contributed by atoms with Crippen molar-refractivity contribution in [3.05, 3.63) is 40.3 Å². The molecule has 0 aliphatic carbocycles. The van der Waals surface area contributed by atoms with Crippen LogP contribution in [-0.4, -0.2) is 16.5 Å². The SMILES string of the molecule is CC(C)(C)c1ccc(S(=O)CCN=[N+]=[N-])cc1. The molecule has 1 atom stereocenters. The average molecular weight is 251 g/mol. The van der Waals surface area contributed by atoms with Gasteiger partial charge in [0.1, 0.15) is 0 Å². The first-order valence-electron chi connectivity index (χ1n) is 5.45. The topological polar surface area (TPSA) is 65.8 Å². The van der Waals surface area contributed by atoms with E-state index in [1.165, 1.54) is 5.56 Å². The Balaban J connectivity index is 2.74. The van der Waals surface area contributed by atoms with Gasteiger partial charge in [0, 0.05) is 22.1 Å². The highest BCUT2D eigenvalue weighted by molar-refractivity contribution is 7.85. The van der Waals surface area contributed by atoms with E-state index in [9.17, 15) is 4.21 Å². The Kier molecular flexibility index (Phi) is 4.73. The van der Waals surface area contributed by atoms with E-state index in [0.717, 1.165) is 4.90 Å². The van der Waals surface area contributed by atoms with E-state index in [4.69, 9.17) is 5.53 Å². The zero-order valence-electron chi connectivity index (χ0n) is 10.4. The molecule has 0 aliphatic heterocycles. The highest BCUT2D eigenvalue weighted by atomic mass is 32.2. The number of hydrogen-bond acceptors (Lipinski definition) is 2. The molecule has 5 heteroatoms. The van der Waals surface area contributed by atoms with Crippen molar-refractivity contribution in [1.82, 2.24) is 0 Å². The van der Waals surface area contributed by atoms with E-state index in [1.807, 2.05) is 24.3 Å². The van der Waals surface area contributed by atoms with Crippen molar-refractivity contribution in [2.24, 2.45) is 5.11 Å². The van der Waals surface area contributed by atoms with Gasteiger partial charge in [0.05, 0.1) is 10.8 Å². The van der Waals surface area contributed by atoms with Gasteiger partial charge >= 0.3 is 0 Å². The van der Waals surface area contributed by atoms with Crippen LogP contribution in [0.1, 0.15) is 26.3 Å². The smallest absolute Gasteiger partial charge is 0.0530 e. The molecule has 0 heterocycles. The lowest BCUT2D eigenvalue weighted by Crippen LogP contribution is -2.11. The van der Waals surface area contributed by atoms with Crippen LogP contribution in [0.5, 0.6) is 0 Å². The molecule has 0 saturated carbocycles. The summed E-state index contributed by atoms with van der Waals surface area (Å²) >= 11 is 0. The minimum Gasteiger partial charge on any atom is -0.254 e. The van der Waals surface area contributed by atoms with Crippen molar-refractivity contribution in [2.75, 3.05) is 12.3 Å². The molecule has 0 radical (unpaired) electrons. The van der Waals surface area contributed by atoms with Crippen molar-refractivity contribution in [1.29, 1.82) is 0 Å². The average Bonchev–Trinajstić information content (AvgIpc) is 2.28. The molecule has 1 aromatic carbocycles. The van der Waals surface area contributed by atoms with Gasteiger partial charge in [-0.25, -0.2) is 0 Å². The van der Waals surface area contributed by atoms with Crippen molar-refractivity contribution >= 4 is 10.8 Å². The lowest BCUT2D eigenvalue weighted by Gasteiger charge is -2.18. The first kappa shape index (κ1) is 13.7. The Hall–Kier alpha value is -1.32. The molecule has 0 aliphatic rings. The molecule has 1 unspecified atom stereocenters. The predicted octanol–water partition coefficient (Wildman–Crippen LogP) is 3.40. The van der Waals surface area contributed by atoms with Crippen LogP contribution < -0.4 is 0 Å². The van der Waals surface area contributed by atoms with Crippen LogP contribution in [0.25, 0.3) is 10.4 Å². The molecule has 0 bridgehead atoms. The number of nitrogens with zero attached hydrogens (tertiary/aromatic N) is 3. The Morgan fingerprint density at radius 2 is 1.88 bits per heavy atom. The van der Waals surface area contributed by atoms with Crippen LogP contribution in [0, 0.1) is 0 Å². The summed E-state index contributed by atoms with van der Waals surface area (Å²) in [5, 5.41) is 3.38. The molecule has 0 saturated heterocycles. The van der Waals surface area contributed by atoms with Gasteiger partial charge < -0.3 is 0 Å². The fourth-order valence-corrected chi connectivity index (χ4v) is 2.32. The number of hydrogen-bond donors (Lipinski definition) is 0. The molecule has 0 fully saturated rings. The maximum Gasteiger partial charge on any atom is 0.0530 e. The first-order valence-corrected chi connectivity index (χ1v) is 6.77. The van der Waals surface area contributed by atoms with E-state index in [1.54, 1.807) is 0 Å². The zero-order chi connectivity index (χ0) is 12.9. The molecule has 1 rings (SSSR count). The Labute approximate surface area is 104 Å². The minimum atomic E-state index is -1.08. The van der Waals surface area contributed by atoms with Gasteiger partial charge in [0.15, 0.2) is 0 Å². The van der Waals surface area contributed by atoms with Gasteiger partial charge in [-0.2, -0.15) is 0 Å². The molecule has 0 spiro atoms. The standard InChI is InChI=1S/C12H17N3OS/c1-12(2,3)10-4-6-11(7-5-10)17(16)9-8-14-15-13/h4-7H,8-9H2,1-3H3. The second-order valence-corrected chi connectivity index (χ2v) is 6.35. The number of benzene rings is 1. The minimum absolute atomic E-state index is 0.102. The lowest BCUT2D eigenvalue weighted by atomic mass is 9.87. The fraction of sp³-hybridized carbons (Fsp3) is 0.500. The van der Waals surface area contributed by atoms with Gasteiger partial charge in [-0.05, 0) is 28.6 Å². The number of azide groups is 1. The predicted molar refractivity (Wildman–Crippen MR) is 70.4 cm³/mol. The lowest BCUT2D eigenvalue weighted by molar-refractivity contribution is 0.589. The van der Waals surface area contributed by atoms with Gasteiger partial charge in [-0.3, -0.25) is 4.21 Å². The molecule has 0 amide bonds. The van der Waals surface area contributed by atoms with Gasteiger partial charge in [-0.1, -0.05) is 38.0 Å². The summed E-state index contributed by atoms with van der Waals surface area (Å²) in [6.07, 6.45) is 0. The molecule has 0 aromatic heterocycles. The third-order valence-electron chi connectivity index (χ3n) is 2.42. The van der Waals surface area contributed by atoms with E-state index in [-0.39, 0.29) is 12.0 Å². The molecular formula is C12H17N3OS. The van der Waals surface area contributed by atoms with Gasteiger partial charge in [0.25, 0.3) is 0 Å². The second kappa shape index (κ2) is 5.84. The summed E-state index contributed by atoms with van der Waals surface area (Å²) in [6.45, 7) is 6.69. The summed E-state index contributed by atoms with van der Waals surface area (Å²) in [4.78, 5) is 3.42. The largest absolute Gasteiger partial charge is 0.254 e. The van der Waals surface area contributed by atoms with Crippen LogP contribution >= 0.6 is 0 Å². The summed E-state index contributed by atoms with van der Waals surface area (Å²) in [7, 11) is -1.08. The van der Waals surface area contributed by atoms with Crippen LogP contribution in [0.3, 0.4) is 0 Å². The van der Waals surface area contributed by atoms with Crippen molar-refractivity contribution < 1.29 is 4.21 Å². The second-order valence-electron chi connectivity index (χ2n) is 4.78. The monoisotopic (exact) mass is 251 g/mol. The molecule has 0 N–H and O–H groups in total. The van der Waals surface area contributed by atoms with E-state index >= 15 is 0 Å². The summed E-state index contributed by atoms with van der Waals surface area (Å²) < 4.78 is 11.8. The summed E-state index contributed by atoms with van der Waals surface area (Å²) in [5.41, 5.74) is 9.45. The van der Waals surface area contributed by atoms with Crippen molar-refractivity contribution in [3.63, 3.8) is 0 Å². The molecular weight excluding hydrogens is 234 g/mol. The quantitative estimate of drug-likeness (QED) is 0.459. The van der Waals surface area contributed by atoms with Crippen molar-refractivity contribution in [2.45, 2.75) is 31.1 Å². The van der Waals surface area contributed by atoms with Crippen molar-refractivity contribution in [3.8, 4) is 0 Å². The third kappa shape index (κ3) is 4.21. The fourth-order valence-electron chi connectivity index (χ4n) is 1.39. The molecule has 4 nitrogen and oxygen atoms in total. The molecule has 1 aromatic rings. The summed E-state index contributed by atoms with van der Waals surface area (Å²) in [5.74, 6) is 0.374. The Morgan fingerprint density at radius 1 is 1.29 bits per heavy atom. The van der Waals surface area contributed by atoms with E-state index < -0.39 is 10.8 Å². The maximum absolute atomic E-state index is 11.8. The highest BCUT2D eigenvalue weighted by Crippen LogP contribution is 2.22. The Bertz CT molecular complexity index is 442. The maximum atomic E-state index is 11.8. The van der Waals surface area contributed by atoms with Gasteiger partial charge in [-0.15, -0.1) is 0 Å². The molecule has 92 valence electrons. The van der Waals surface area contributed by atoms with Crippen LogP contribution in [0.15, 0.2) is 34.3 Å². The zero-order valence-corrected chi connectivity index (χ0v) is 11.2. The van der Waals surface area contributed by atoms with Crippen LogP contribution in [0.2, 0.25) is 0 Å². The van der Waals surface area contributed by atoms with Gasteiger partial charge in [0.2, 0.25) is 0 Å². The van der Waals surface area contributed by atoms with Crippen LogP contribution in [0.4, 0.5) is 0 Å². The van der Waals surface area contributed by atoms with E-state index in [2.05, 4.69) is 30.8 Å². The van der Waals surface area contributed by atoms with Crippen LogP contribution in [-0.2, 0) is 16.2 Å². The first-order chi connectivity index (χ1) is 7.95. The normalized spacial score (nSPS) is 12.9. The molecule has 17 heavy (non-hydrogen) atoms. The summed E-state index contributed by atoms with van der Waals surface area (Å²) in [6, 6.07) is 7.77.